The van der Waals surface area contributed by atoms with Gasteiger partial charge in [0.1, 0.15) is 42.7 Å². The zero-order chi connectivity index (χ0) is 25.9. The number of benzene rings is 3. The normalized spacial score (nSPS) is 28.0. The van der Waals surface area contributed by atoms with E-state index in [1.807, 2.05) is 61.4 Å². The van der Waals surface area contributed by atoms with Crippen LogP contribution in [-0.2, 0) is 32.3 Å². The van der Waals surface area contributed by atoms with Gasteiger partial charge in [-0.3, -0.25) is 0 Å². The smallest absolute Gasteiger partial charge is 0.235 e. The summed E-state index contributed by atoms with van der Waals surface area (Å²) in [6, 6.07) is 21.9. The molecule has 2 bridgehead atoms. The summed E-state index contributed by atoms with van der Waals surface area (Å²) in [7, 11) is 1.65. The third-order valence-electron chi connectivity index (χ3n) is 7.57. The molecular formula is C30H31NO7. The fourth-order valence-electron chi connectivity index (χ4n) is 5.72. The number of hydrogen-bond donors (Lipinski definition) is 0. The van der Waals surface area contributed by atoms with Gasteiger partial charge >= 0.3 is 0 Å². The Balaban J connectivity index is 1.26. The first-order valence-corrected chi connectivity index (χ1v) is 13.0. The van der Waals surface area contributed by atoms with E-state index in [0.717, 1.165) is 39.6 Å². The van der Waals surface area contributed by atoms with Gasteiger partial charge in [0.05, 0.1) is 31.9 Å². The Bertz CT molecular complexity index is 1330. The van der Waals surface area contributed by atoms with Gasteiger partial charge in [0.25, 0.3) is 0 Å². The maximum absolute atomic E-state index is 6.59. The molecule has 0 N–H and O–H groups in total. The van der Waals surface area contributed by atoms with Crippen molar-refractivity contribution in [2.45, 2.75) is 56.8 Å². The quantitative estimate of drug-likeness (QED) is 0.408. The monoisotopic (exact) mass is 517 g/mol. The number of fused-ring (bicyclic) bond motifs is 5. The van der Waals surface area contributed by atoms with Crippen molar-refractivity contribution in [3.63, 3.8) is 0 Å². The standard InChI is InChI=1S/C30H31NO7/c1-29(2)35-18-23-27-24(31-15-26-28(36-26)30(23,37-29)38-31)13-20(17-33-22-11-9-21(32-3)10-12-22)14-25(27)34-16-19-7-5-4-6-8-19/h4-14,23,26,28H,15-18H2,1-3H3/t23-,26+,28+,30+/m0/s1. The second-order valence-corrected chi connectivity index (χ2v) is 10.6. The van der Waals surface area contributed by atoms with Crippen LogP contribution in [0.4, 0.5) is 5.69 Å². The van der Waals surface area contributed by atoms with Crippen LogP contribution in [0, 0.1) is 0 Å². The highest BCUT2D eigenvalue weighted by molar-refractivity contribution is 5.65. The fourth-order valence-corrected chi connectivity index (χ4v) is 5.72. The maximum Gasteiger partial charge on any atom is 0.235 e. The average Bonchev–Trinajstić information content (AvgIpc) is 3.72. The maximum atomic E-state index is 6.59. The van der Waals surface area contributed by atoms with Crippen molar-refractivity contribution in [3.8, 4) is 17.2 Å². The van der Waals surface area contributed by atoms with E-state index in [0.29, 0.717) is 26.4 Å². The summed E-state index contributed by atoms with van der Waals surface area (Å²) in [5, 5.41) is 1.91. The summed E-state index contributed by atoms with van der Waals surface area (Å²) in [6.07, 6.45) is -0.0821. The number of anilines is 1. The van der Waals surface area contributed by atoms with E-state index in [1.54, 1.807) is 7.11 Å². The molecule has 3 saturated heterocycles. The number of hydroxylamine groups is 1. The highest BCUT2D eigenvalue weighted by Crippen LogP contribution is 2.60. The first-order chi connectivity index (χ1) is 18.4. The summed E-state index contributed by atoms with van der Waals surface area (Å²) < 4.78 is 36.6. The minimum absolute atomic E-state index is 0.0567. The van der Waals surface area contributed by atoms with Crippen molar-refractivity contribution in [1.82, 2.24) is 0 Å². The Morgan fingerprint density at radius 2 is 1.68 bits per heavy atom. The molecule has 198 valence electrons. The molecule has 1 spiro atoms. The van der Waals surface area contributed by atoms with E-state index in [-0.39, 0.29) is 18.1 Å². The molecule has 3 aromatic rings. The van der Waals surface area contributed by atoms with Crippen LogP contribution in [0.15, 0.2) is 66.7 Å². The van der Waals surface area contributed by atoms with E-state index in [4.69, 9.17) is 33.3 Å². The number of rotatable bonds is 7. The van der Waals surface area contributed by atoms with Gasteiger partial charge in [-0.15, -0.1) is 0 Å². The Morgan fingerprint density at radius 1 is 0.921 bits per heavy atom. The number of nitrogens with zero attached hydrogens (tertiary/aromatic N) is 1. The lowest BCUT2D eigenvalue weighted by Crippen LogP contribution is -2.66. The molecule has 0 unspecified atom stereocenters. The van der Waals surface area contributed by atoms with Crippen LogP contribution in [0.2, 0.25) is 0 Å². The first-order valence-electron chi connectivity index (χ1n) is 13.0. The number of epoxide rings is 1. The van der Waals surface area contributed by atoms with Gasteiger partial charge in [-0.05, 0) is 61.4 Å². The van der Waals surface area contributed by atoms with Crippen molar-refractivity contribution in [3.05, 3.63) is 83.4 Å². The minimum atomic E-state index is -0.955. The van der Waals surface area contributed by atoms with Gasteiger partial charge in [-0.25, -0.2) is 9.90 Å². The molecule has 4 atom stereocenters. The van der Waals surface area contributed by atoms with Crippen molar-refractivity contribution in [2.24, 2.45) is 0 Å². The van der Waals surface area contributed by atoms with Gasteiger partial charge in [-0.2, -0.15) is 0 Å². The number of hydrogen-bond acceptors (Lipinski definition) is 8. The van der Waals surface area contributed by atoms with E-state index in [1.165, 1.54) is 0 Å². The summed E-state index contributed by atoms with van der Waals surface area (Å²) in [6.45, 7) is 5.70. The molecule has 7 rings (SSSR count). The topological polar surface area (TPSA) is 71.2 Å². The molecule has 0 aliphatic carbocycles. The number of ether oxygens (including phenoxy) is 6. The second kappa shape index (κ2) is 8.88. The molecule has 3 fully saturated rings. The second-order valence-electron chi connectivity index (χ2n) is 10.6. The highest BCUT2D eigenvalue weighted by Gasteiger charge is 2.71. The zero-order valence-electron chi connectivity index (χ0n) is 21.7. The lowest BCUT2D eigenvalue weighted by molar-refractivity contribution is -0.406. The lowest BCUT2D eigenvalue weighted by atomic mass is 9.81. The van der Waals surface area contributed by atoms with Crippen molar-refractivity contribution >= 4 is 5.69 Å². The molecule has 8 nitrogen and oxygen atoms in total. The van der Waals surface area contributed by atoms with Gasteiger partial charge in [0.15, 0.2) is 5.79 Å². The van der Waals surface area contributed by atoms with E-state index < -0.39 is 11.6 Å². The Labute approximate surface area is 221 Å². The van der Waals surface area contributed by atoms with E-state index in [9.17, 15) is 0 Å². The van der Waals surface area contributed by atoms with Crippen LogP contribution in [0.1, 0.15) is 36.5 Å². The van der Waals surface area contributed by atoms with Gasteiger partial charge < -0.3 is 28.4 Å². The Hall–Kier alpha value is -3.30. The lowest BCUT2D eigenvalue weighted by Gasteiger charge is -2.55. The van der Waals surface area contributed by atoms with Gasteiger partial charge in [0.2, 0.25) is 5.79 Å². The molecule has 4 heterocycles. The molecule has 4 aliphatic heterocycles. The predicted octanol–water partition coefficient (Wildman–Crippen LogP) is 4.95. The van der Waals surface area contributed by atoms with Crippen LogP contribution < -0.4 is 19.3 Å². The molecular weight excluding hydrogens is 486 g/mol. The van der Waals surface area contributed by atoms with Crippen LogP contribution >= 0.6 is 0 Å². The largest absolute Gasteiger partial charge is 0.497 e. The van der Waals surface area contributed by atoms with Crippen LogP contribution in [0.3, 0.4) is 0 Å². The molecule has 3 aromatic carbocycles. The summed E-state index contributed by atoms with van der Waals surface area (Å²) in [4.78, 5) is 6.59. The van der Waals surface area contributed by atoms with E-state index >= 15 is 0 Å². The van der Waals surface area contributed by atoms with Crippen LogP contribution in [0.25, 0.3) is 0 Å². The van der Waals surface area contributed by atoms with Gasteiger partial charge in [0, 0.05) is 5.56 Å². The van der Waals surface area contributed by atoms with Crippen molar-refractivity contribution < 1.29 is 33.3 Å². The molecule has 0 radical (unpaired) electrons. The SMILES string of the molecule is COc1ccc(OCc2cc(OCc3ccccc3)c3c(c2)N2C[C@H]4O[C@H]4[C@@]4(O2)OC(C)(C)OC[C@@H]34)cc1. The van der Waals surface area contributed by atoms with Crippen LogP contribution in [0.5, 0.6) is 17.2 Å². The molecule has 8 heteroatoms. The summed E-state index contributed by atoms with van der Waals surface area (Å²) >= 11 is 0. The Kier molecular flexibility index (Phi) is 5.56. The third-order valence-corrected chi connectivity index (χ3v) is 7.57. The van der Waals surface area contributed by atoms with E-state index in [2.05, 4.69) is 24.3 Å². The average molecular weight is 518 g/mol. The van der Waals surface area contributed by atoms with Crippen molar-refractivity contribution in [1.29, 1.82) is 0 Å². The summed E-state index contributed by atoms with van der Waals surface area (Å²) in [5.41, 5.74) is 4.01. The minimum Gasteiger partial charge on any atom is -0.497 e. The fraction of sp³-hybridized carbons (Fsp3) is 0.400. The van der Waals surface area contributed by atoms with Crippen molar-refractivity contribution in [2.75, 3.05) is 25.3 Å². The molecule has 0 aromatic heterocycles. The highest BCUT2D eigenvalue weighted by atomic mass is 16.9. The predicted molar refractivity (Wildman–Crippen MR) is 138 cm³/mol. The Morgan fingerprint density at radius 3 is 2.47 bits per heavy atom. The van der Waals surface area contributed by atoms with Crippen LogP contribution in [-0.4, -0.2) is 44.0 Å². The molecule has 0 amide bonds. The third kappa shape index (κ3) is 4.08. The summed E-state index contributed by atoms with van der Waals surface area (Å²) in [5.74, 6) is 0.366. The van der Waals surface area contributed by atoms with Gasteiger partial charge in [-0.1, -0.05) is 30.3 Å². The first kappa shape index (κ1) is 23.8. The zero-order valence-corrected chi connectivity index (χ0v) is 21.7. The number of methoxy groups -OCH3 is 1. The molecule has 4 aliphatic rings. The molecule has 0 saturated carbocycles. The molecule has 38 heavy (non-hydrogen) atoms.